The van der Waals surface area contributed by atoms with Gasteiger partial charge in [0.2, 0.25) is 5.88 Å². The molecule has 1 heterocycles. The molecular formula is C13H8F3NO3. The Balaban J connectivity index is 2.26. The molecule has 104 valence electrons. The molecule has 1 aromatic heterocycles. The summed E-state index contributed by atoms with van der Waals surface area (Å²) in [5.41, 5.74) is -1.11. The first kappa shape index (κ1) is 13.9. The third kappa shape index (κ3) is 3.25. The summed E-state index contributed by atoms with van der Waals surface area (Å²) in [6, 6.07) is 8.62. The maximum absolute atomic E-state index is 12.5. The van der Waals surface area contributed by atoms with Crippen molar-refractivity contribution in [1.29, 1.82) is 0 Å². The minimum Gasteiger partial charge on any atom is -0.478 e. The Morgan fingerprint density at radius 1 is 1.15 bits per heavy atom. The average Bonchev–Trinajstić information content (AvgIpc) is 2.38. The molecule has 0 bridgehead atoms. The Kier molecular flexibility index (Phi) is 3.60. The number of carbonyl (C=O) groups is 1. The first-order valence-corrected chi connectivity index (χ1v) is 5.42. The highest BCUT2D eigenvalue weighted by Crippen LogP contribution is 2.29. The smallest absolute Gasteiger partial charge is 0.433 e. The van der Waals surface area contributed by atoms with E-state index in [0.29, 0.717) is 0 Å². The zero-order valence-corrected chi connectivity index (χ0v) is 9.89. The maximum atomic E-state index is 12.5. The molecule has 0 saturated heterocycles. The first-order valence-electron chi connectivity index (χ1n) is 5.42. The molecule has 0 spiro atoms. The molecule has 0 aliphatic carbocycles. The number of benzene rings is 1. The Hall–Kier alpha value is -2.57. The van der Waals surface area contributed by atoms with Gasteiger partial charge in [-0.05, 0) is 24.3 Å². The monoisotopic (exact) mass is 283 g/mol. The van der Waals surface area contributed by atoms with Crippen LogP contribution in [0.3, 0.4) is 0 Å². The van der Waals surface area contributed by atoms with E-state index in [1.807, 2.05) is 0 Å². The highest BCUT2D eigenvalue weighted by molar-refractivity contribution is 5.88. The van der Waals surface area contributed by atoms with Gasteiger partial charge in [0.1, 0.15) is 11.4 Å². The number of nitrogens with zero attached hydrogens (tertiary/aromatic N) is 1. The van der Waals surface area contributed by atoms with Gasteiger partial charge in [-0.1, -0.05) is 12.1 Å². The van der Waals surface area contributed by atoms with Crippen molar-refractivity contribution in [3.63, 3.8) is 0 Å². The van der Waals surface area contributed by atoms with E-state index in [1.54, 1.807) is 0 Å². The Morgan fingerprint density at radius 3 is 2.50 bits per heavy atom. The van der Waals surface area contributed by atoms with Gasteiger partial charge < -0.3 is 9.84 Å². The van der Waals surface area contributed by atoms with E-state index in [0.717, 1.165) is 12.1 Å². The summed E-state index contributed by atoms with van der Waals surface area (Å²) in [6.07, 6.45) is -4.57. The van der Waals surface area contributed by atoms with Gasteiger partial charge >= 0.3 is 12.1 Å². The van der Waals surface area contributed by atoms with Gasteiger partial charge in [0, 0.05) is 6.07 Å². The highest BCUT2D eigenvalue weighted by Gasteiger charge is 2.32. The van der Waals surface area contributed by atoms with Crippen LogP contribution in [0.25, 0.3) is 0 Å². The second-order valence-electron chi connectivity index (χ2n) is 3.79. The second-order valence-corrected chi connectivity index (χ2v) is 3.79. The minimum absolute atomic E-state index is 0.0329. The molecule has 20 heavy (non-hydrogen) atoms. The number of hydrogen-bond acceptors (Lipinski definition) is 3. The van der Waals surface area contributed by atoms with E-state index in [1.165, 1.54) is 30.3 Å². The van der Waals surface area contributed by atoms with Crippen molar-refractivity contribution in [3.05, 3.63) is 53.7 Å². The molecule has 0 aliphatic rings. The largest absolute Gasteiger partial charge is 0.478 e. The third-order valence-corrected chi connectivity index (χ3v) is 2.32. The lowest BCUT2D eigenvalue weighted by molar-refractivity contribution is -0.141. The Morgan fingerprint density at radius 2 is 1.85 bits per heavy atom. The molecule has 0 aliphatic heterocycles. The molecule has 0 amide bonds. The normalized spacial score (nSPS) is 11.2. The molecule has 2 aromatic rings. The number of hydrogen-bond donors (Lipinski definition) is 1. The van der Waals surface area contributed by atoms with E-state index in [4.69, 9.17) is 9.84 Å². The van der Waals surface area contributed by atoms with Crippen LogP contribution in [0.4, 0.5) is 13.2 Å². The van der Waals surface area contributed by atoms with Gasteiger partial charge in [-0.2, -0.15) is 13.2 Å². The summed E-state index contributed by atoms with van der Waals surface area (Å²) in [5, 5.41) is 8.81. The van der Waals surface area contributed by atoms with Crippen LogP contribution in [-0.4, -0.2) is 16.1 Å². The predicted molar refractivity (Wildman–Crippen MR) is 62.7 cm³/mol. The van der Waals surface area contributed by atoms with Gasteiger partial charge in [0.15, 0.2) is 0 Å². The SMILES string of the molecule is O=C(O)c1cccc(Oc2cccc(C(F)(F)F)n2)c1. The lowest BCUT2D eigenvalue weighted by Gasteiger charge is -2.09. The lowest BCUT2D eigenvalue weighted by atomic mass is 10.2. The van der Waals surface area contributed by atoms with Crippen molar-refractivity contribution in [2.24, 2.45) is 0 Å². The van der Waals surface area contributed by atoms with Crippen LogP contribution in [-0.2, 0) is 6.18 Å². The zero-order valence-electron chi connectivity index (χ0n) is 9.89. The highest BCUT2D eigenvalue weighted by atomic mass is 19.4. The molecule has 2 rings (SSSR count). The van der Waals surface area contributed by atoms with Crippen molar-refractivity contribution in [3.8, 4) is 11.6 Å². The summed E-state index contributed by atoms with van der Waals surface area (Å²) < 4.78 is 42.6. The first-order chi connectivity index (χ1) is 9.36. The molecule has 0 saturated carbocycles. The number of rotatable bonds is 3. The van der Waals surface area contributed by atoms with Crippen molar-refractivity contribution >= 4 is 5.97 Å². The number of alkyl halides is 3. The van der Waals surface area contributed by atoms with Gasteiger partial charge in [-0.3, -0.25) is 0 Å². The zero-order chi connectivity index (χ0) is 14.8. The van der Waals surface area contributed by atoms with Gasteiger partial charge in [-0.25, -0.2) is 9.78 Å². The number of aromatic carboxylic acids is 1. The number of aromatic nitrogens is 1. The molecule has 7 heteroatoms. The summed E-state index contributed by atoms with van der Waals surface area (Å²) in [5.74, 6) is -1.33. The minimum atomic E-state index is -4.57. The topological polar surface area (TPSA) is 59.4 Å². The van der Waals surface area contributed by atoms with Crippen molar-refractivity contribution in [2.45, 2.75) is 6.18 Å². The lowest BCUT2D eigenvalue weighted by Crippen LogP contribution is -2.08. The van der Waals surface area contributed by atoms with E-state index in [-0.39, 0.29) is 17.2 Å². The fourth-order valence-corrected chi connectivity index (χ4v) is 1.44. The van der Waals surface area contributed by atoms with Gasteiger partial charge in [0.25, 0.3) is 0 Å². The van der Waals surface area contributed by atoms with Crippen LogP contribution in [0.1, 0.15) is 16.1 Å². The molecule has 0 unspecified atom stereocenters. The molecule has 1 aromatic carbocycles. The van der Waals surface area contributed by atoms with Crippen LogP contribution < -0.4 is 4.74 Å². The number of halogens is 3. The maximum Gasteiger partial charge on any atom is 0.433 e. The Bertz CT molecular complexity index is 641. The molecule has 4 nitrogen and oxygen atoms in total. The van der Waals surface area contributed by atoms with Gasteiger partial charge in [0.05, 0.1) is 5.56 Å². The number of ether oxygens (including phenoxy) is 1. The van der Waals surface area contributed by atoms with E-state index >= 15 is 0 Å². The molecule has 0 radical (unpaired) electrons. The van der Waals surface area contributed by atoms with Crippen LogP contribution in [0.5, 0.6) is 11.6 Å². The molecule has 0 fully saturated rings. The van der Waals surface area contributed by atoms with Crippen LogP contribution in [0, 0.1) is 0 Å². The average molecular weight is 283 g/mol. The standard InChI is InChI=1S/C13H8F3NO3/c14-13(15,16)10-5-2-6-11(17-10)20-9-4-1-3-8(7-9)12(18)19/h1-7H,(H,18,19). The summed E-state index contributed by atoms with van der Waals surface area (Å²) in [4.78, 5) is 14.1. The van der Waals surface area contributed by atoms with Gasteiger partial charge in [-0.15, -0.1) is 0 Å². The summed E-state index contributed by atoms with van der Waals surface area (Å²) in [6.45, 7) is 0. The van der Waals surface area contributed by atoms with Crippen molar-refractivity contribution in [1.82, 2.24) is 4.98 Å². The van der Waals surface area contributed by atoms with Crippen molar-refractivity contribution in [2.75, 3.05) is 0 Å². The predicted octanol–water partition coefficient (Wildman–Crippen LogP) is 3.59. The molecule has 0 atom stereocenters. The summed E-state index contributed by atoms with van der Waals surface area (Å²) in [7, 11) is 0. The van der Waals surface area contributed by atoms with Crippen molar-refractivity contribution < 1.29 is 27.8 Å². The quantitative estimate of drug-likeness (QED) is 0.935. The van der Waals surface area contributed by atoms with E-state index < -0.39 is 17.8 Å². The molecule has 1 N–H and O–H groups in total. The Labute approximate surface area is 111 Å². The van der Waals surface area contributed by atoms with Crippen LogP contribution in [0.2, 0.25) is 0 Å². The van der Waals surface area contributed by atoms with Crippen LogP contribution >= 0.6 is 0 Å². The number of pyridine rings is 1. The third-order valence-electron chi connectivity index (χ3n) is 2.32. The summed E-state index contributed by atoms with van der Waals surface area (Å²) >= 11 is 0. The van der Waals surface area contributed by atoms with E-state index in [2.05, 4.69) is 4.98 Å². The second kappa shape index (κ2) is 5.20. The fraction of sp³-hybridized carbons (Fsp3) is 0.0769. The van der Waals surface area contributed by atoms with E-state index in [9.17, 15) is 18.0 Å². The molecular weight excluding hydrogens is 275 g/mol. The number of carboxylic acids is 1. The number of carboxylic acid groups (broad SMARTS) is 1. The fourth-order valence-electron chi connectivity index (χ4n) is 1.44. The van der Waals surface area contributed by atoms with Crippen LogP contribution in [0.15, 0.2) is 42.5 Å².